The van der Waals surface area contributed by atoms with Crippen molar-refractivity contribution in [2.24, 2.45) is 0 Å². The van der Waals surface area contributed by atoms with Crippen molar-refractivity contribution in [1.82, 2.24) is 5.32 Å². The third-order valence-corrected chi connectivity index (χ3v) is 3.94. The van der Waals surface area contributed by atoms with E-state index in [0.717, 1.165) is 38.6 Å². The first-order valence-corrected chi connectivity index (χ1v) is 8.76. The Morgan fingerprint density at radius 1 is 1.14 bits per heavy atom. The zero-order chi connectivity index (χ0) is 15.3. The monoisotopic (exact) mass is 298 g/mol. The van der Waals surface area contributed by atoms with Crippen LogP contribution in [0.15, 0.2) is 0 Å². The molecular weight excluding hydrogens is 266 g/mol. The lowest BCUT2D eigenvalue weighted by molar-refractivity contribution is -0.0176. The predicted octanol–water partition coefficient (Wildman–Crippen LogP) is 4.78. The minimum Gasteiger partial charge on any atom is -0.431 e. The van der Waals surface area contributed by atoms with Crippen LogP contribution in [0.4, 0.5) is 4.79 Å². The van der Waals surface area contributed by atoms with E-state index in [1.807, 2.05) is 6.92 Å². The van der Waals surface area contributed by atoms with Crippen LogP contribution in [0.1, 0.15) is 84.5 Å². The first-order valence-electron chi connectivity index (χ1n) is 8.76. The molecule has 1 aliphatic heterocycles. The lowest BCUT2D eigenvalue weighted by Gasteiger charge is -2.22. The molecule has 0 amide bonds. The Morgan fingerprint density at radius 3 is 2.52 bits per heavy atom. The molecule has 0 bridgehead atoms. The minimum atomic E-state index is -0.555. The zero-order valence-electron chi connectivity index (χ0n) is 13.8. The van der Waals surface area contributed by atoms with Crippen molar-refractivity contribution in [3.05, 3.63) is 0 Å². The summed E-state index contributed by atoms with van der Waals surface area (Å²) < 4.78 is 10.5. The highest BCUT2D eigenvalue weighted by atomic mass is 16.7. The van der Waals surface area contributed by atoms with Gasteiger partial charge in [-0.05, 0) is 39.0 Å². The number of carbonyl (C=O) groups is 1. The number of unbranched alkanes of at least 4 members (excludes halogenated alkanes) is 6. The third kappa shape index (κ3) is 9.72. The summed E-state index contributed by atoms with van der Waals surface area (Å²) in [6, 6.07) is 0. The molecule has 1 rings (SSSR count). The summed E-state index contributed by atoms with van der Waals surface area (Å²) in [6.07, 6.45) is 12.0. The highest BCUT2D eigenvalue weighted by Gasteiger charge is 2.20. The second-order valence-electron chi connectivity index (χ2n) is 6.06. The van der Waals surface area contributed by atoms with Crippen LogP contribution < -0.4 is 5.32 Å². The van der Waals surface area contributed by atoms with Crippen molar-refractivity contribution >= 4 is 6.16 Å². The number of carbonyl (C=O) groups excluding carboxylic acids is 1. The third-order valence-electron chi connectivity index (χ3n) is 3.94. The Labute approximate surface area is 130 Å². The number of hydrogen-bond acceptors (Lipinski definition) is 3. The van der Waals surface area contributed by atoms with Gasteiger partial charge in [0.2, 0.25) is 0 Å². The first-order chi connectivity index (χ1) is 10.2. The van der Waals surface area contributed by atoms with Crippen LogP contribution in [-0.2, 0) is 9.47 Å². The standard InChI is InChI=1S/C17H32NO3/c1-3-4-5-6-7-8-9-12-15(2)20-17(19)21-16-13-10-11-14-18-16/h15-16H,3-14H2,1-2H3. The Kier molecular flexibility index (Phi) is 10.3. The van der Waals surface area contributed by atoms with Crippen molar-refractivity contribution in [2.75, 3.05) is 6.54 Å². The van der Waals surface area contributed by atoms with Gasteiger partial charge in [0, 0.05) is 6.54 Å². The Balaban J connectivity index is 1.96. The molecule has 1 saturated heterocycles. The summed E-state index contributed by atoms with van der Waals surface area (Å²) in [4.78, 5) is 11.6. The van der Waals surface area contributed by atoms with E-state index in [0.29, 0.717) is 0 Å². The van der Waals surface area contributed by atoms with Gasteiger partial charge in [0.15, 0.2) is 6.23 Å². The quantitative estimate of drug-likeness (QED) is 0.430. The molecule has 1 aliphatic rings. The van der Waals surface area contributed by atoms with Crippen molar-refractivity contribution in [1.29, 1.82) is 0 Å². The van der Waals surface area contributed by atoms with Gasteiger partial charge in [-0.15, -0.1) is 0 Å². The van der Waals surface area contributed by atoms with Crippen molar-refractivity contribution in [3.8, 4) is 0 Å². The van der Waals surface area contributed by atoms with E-state index < -0.39 is 6.16 Å². The van der Waals surface area contributed by atoms with Gasteiger partial charge in [-0.2, -0.15) is 0 Å². The van der Waals surface area contributed by atoms with Crippen LogP contribution in [0.25, 0.3) is 0 Å². The highest BCUT2D eigenvalue weighted by Crippen LogP contribution is 2.13. The highest BCUT2D eigenvalue weighted by molar-refractivity contribution is 5.60. The van der Waals surface area contributed by atoms with Gasteiger partial charge in [-0.3, -0.25) is 0 Å². The number of hydrogen-bond donors (Lipinski definition) is 0. The summed E-state index contributed by atoms with van der Waals surface area (Å²) in [5.41, 5.74) is 0. The van der Waals surface area contributed by atoms with Crippen LogP contribution >= 0.6 is 0 Å². The van der Waals surface area contributed by atoms with Gasteiger partial charge < -0.3 is 9.47 Å². The molecule has 0 N–H and O–H groups in total. The summed E-state index contributed by atoms with van der Waals surface area (Å²) in [5.74, 6) is 0. The molecule has 0 aromatic carbocycles. The normalized spacial score (nSPS) is 20.0. The van der Waals surface area contributed by atoms with Crippen molar-refractivity contribution in [2.45, 2.75) is 96.8 Å². The van der Waals surface area contributed by atoms with Crippen LogP contribution in [0.3, 0.4) is 0 Å². The Bertz CT molecular complexity index is 265. The maximum Gasteiger partial charge on any atom is 0.510 e. The molecule has 4 nitrogen and oxygen atoms in total. The van der Waals surface area contributed by atoms with E-state index in [4.69, 9.17) is 9.47 Å². The van der Waals surface area contributed by atoms with Gasteiger partial charge in [-0.1, -0.05) is 45.4 Å². The van der Waals surface area contributed by atoms with E-state index >= 15 is 0 Å². The predicted molar refractivity (Wildman–Crippen MR) is 84.3 cm³/mol. The number of rotatable bonds is 10. The molecular formula is C17H32NO3. The molecule has 0 aromatic heterocycles. The minimum absolute atomic E-state index is 0.0586. The molecule has 1 heterocycles. The van der Waals surface area contributed by atoms with Gasteiger partial charge in [0.05, 0.1) is 0 Å². The fraction of sp³-hybridized carbons (Fsp3) is 0.941. The largest absolute Gasteiger partial charge is 0.510 e. The second kappa shape index (κ2) is 11.8. The maximum atomic E-state index is 11.6. The van der Waals surface area contributed by atoms with E-state index in [-0.39, 0.29) is 12.3 Å². The SMILES string of the molecule is CCCCCCCCCC(C)OC(=O)OC1CCCC[N]1. The molecule has 1 radical (unpaired) electrons. The topological polar surface area (TPSA) is 49.6 Å². The van der Waals surface area contributed by atoms with E-state index in [1.165, 1.54) is 38.5 Å². The molecule has 0 aliphatic carbocycles. The van der Waals surface area contributed by atoms with Crippen LogP contribution in [0.2, 0.25) is 0 Å². The van der Waals surface area contributed by atoms with Crippen LogP contribution in [0.5, 0.6) is 0 Å². The fourth-order valence-corrected chi connectivity index (χ4v) is 2.60. The molecule has 2 unspecified atom stereocenters. The molecule has 1 fully saturated rings. The Hall–Kier alpha value is -0.770. The summed E-state index contributed by atoms with van der Waals surface area (Å²) >= 11 is 0. The maximum absolute atomic E-state index is 11.6. The van der Waals surface area contributed by atoms with Gasteiger partial charge in [0.1, 0.15) is 6.10 Å². The summed E-state index contributed by atoms with van der Waals surface area (Å²) in [6.45, 7) is 4.97. The lowest BCUT2D eigenvalue weighted by Crippen LogP contribution is -2.33. The zero-order valence-corrected chi connectivity index (χ0v) is 13.8. The molecule has 0 aromatic rings. The smallest absolute Gasteiger partial charge is 0.431 e. The molecule has 0 spiro atoms. The molecule has 0 saturated carbocycles. The van der Waals surface area contributed by atoms with Gasteiger partial charge >= 0.3 is 6.16 Å². The van der Waals surface area contributed by atoms with Crippen molar-refractivity contribution < 1.29 is 14.3 Å². The number of nitrogens with zero attached hydrogens (tertiary/aromatic N) is 1. The van der Waals surface area contributed by atoms with Crippen LogP contribution in [0, 0.1) is 0 Å². The molecule has 2 atom stereocenters. The number of ether oxygens (including phenoxy) is 2. The molecule has 21 heavy (non-hydrogen) atoms. The lowest BCUT2D eigenvalue weighted by atomic mass is 10.1. The summed E-state index contributed by atoms with van der Waals surface area (Å²) in [5, 5.41) is 4.26. The average Bonchev–Trinajstić information content (AvgIpc) is 2.47. The second-order valence-corrected chi connectivity index (χ2v) is 6.06. The fourth-order valence-electron chi connectivity index (χ4n) is 2.60. The Morgan fingerprint density at radius 2 is 1.86 bits per heavy atom. The van der Waals surface area contributed by atoms with E-state index in [9.17, 15) is 4.79 Å². The van der Waals surface area contributed by atoms with Crippen LogP contribution in [-0.4, -0.2) is 25.0 Å². The van der Waals surface area contributed by atoms with Crippen molar-refractivity contribution in [3.63, 3.8) is 0 Å². The molecule has 4 heteroatoms. The number of piperidine rings is 1. The molecule has 123 valence electrons. The average molecular weight is 298 g/mol. The van der Waals surface area contributed by atoms with E-state index in [1.54, 1.807) is 0 Å². The summed E-state index contributed by atoms with van der Waals surface area (Å²) in [7, 11) is 0. The van der Waals surface area contributed by atoms with Gasteiger partial charge in [-0.25, -0.2) is 10.1 Å². The van der Waals surface area contributed by atoms with Gasteiger partial charge in [0.25, 0.3) is 0 Å². The van der Waals surface area contributed by atoms with E-state index in [2.05, 4.69) is 12.2 Å². The first kappa shape index (κ1) is 18.3.